The third-order valence-electron chi connectivity index (χ3n) is 4.02. The highest BCUT2D eigenvalue weighted by molar-refractivity contribution is 5.80. The van der Waals surface area contributed by atoms with Gasteiger partial charge in [0.15, 0.2) is 5.96 Å². The highest BCUT2D eigenvalue weighted by Gasteiger charge is 2.17. The molecular formula is C19H33N3O4. The summed E-state index contributed by atoms with van der Waals surface area (Å²) in [6.07, 6.45) is 4.62. The van der Waals surface area contributed by atoms with Crippen LogP contribution >= 0.6 is 0 Å². The number of aliphatic imine (C=N–C) groups is 1. The van der Waals surface area contributed by atoms with Gasteiger partial charge in [-0.3, -0.25) is 4.99 Å². The van der Waals surface area contributed by atoms with E-state index in [9.17, 15) is 0 Å². The van der Waals surface area contributed by atoms with Crippen molar-refractivity contribution in [3.05, 3.63) is 24.2 Å². The maximum atomic E-state index is 5.88. The van der Waals surface area contributed by atoms with E-state index >= 15 is 0 Å². The minimum atomic E-state index is 0.164. The van der Waals surface area contributed by atoms with Gasteiger partial charge in [0.2, 0.25) is 0 Å². The van der Waals surface area contributed by atoms with E-state index in [1.165, 1.54) is 0 Å². The predicted octanol–water partition coefficient (Wildman–Crippen LogP) is 1.98. The monoisotopic (exact) mass is 367 g/mol. The van der Waals surface area contributed by atoms with E-state index in [2.05, 4.69) is 22.5 Å². The van der Waals surface area contributed by atoms with Crippen LogP contribution in [0, 0.1) is 0 Å². The second-order valence-electron chi connectivity index (χ2n) is 6.40. The Labute approximate surface area is 156 Å². The Balaban J connectivity index is 1.72. The molecule has 0 aromatic carbocycles. The van der Waals surface area contributed by atoms with Crippen LogP contribution in [0.5, 0.6) is 0 Å². The van der Waals surface area contributed by atoms with E-state index in [0.29, 0.717) is 13.2 Å². The lowest BCUT2D eigenvalue weighted by Gasteiger charge is -2.20. The molecule has 2 rings (SSSR count). The summed E-state index contributed by atoms with van der Waals surface area (Å²) in [6, 6.07) is 4.05. The van der Waals surface area contributed by atoms with Crippen LogP contribution in [0.4, 0.5) is 0 Å². The maximum Gasteiger partial charge on any atom is 0.191 e. The summed E-state index contributed by atoms with van der Waals surface area (Å²) in [5, 5.41) is 6.78. The Morgan fingerprint density at radius 2 is 2.38 bits per heavy atom. The molecule has 0 spiro atoms. The van der Waals surface area contributed by atoms with Crippen molar-refractivity contribution in [2.45, 2.75) is 45.3 Å². The molecule has 7 heteroatoms. The Morgan fingerprint density at radius 3 is 3.12 bits per heavy atom. The molecular weight excluding hydrogens is 334 g/mol. The molecule has 2 N–H and O–H groups in total. The molecule has 1 fully saturated rings. The zero-order chi connectivity index (χ0) is 18.5. The van der Waals surface area contributed by atoms with Crippen molar-refractivity contribution in [2.24, 2.45) is 4.99 Å². The SMILES string of the molecule is CCOCCCN=C(NCCc1ccco1)NC(C)COC1CCOC1. The number of hydrogen-bond acceptors (Lipinski definition) is 5. The first-order chi connectivity index (χ1) is 12.8. The first-order valence-corrected chi connectivity index (χ1v) is 9.62. The molecule has 7 nitrogen and oxygen atoms in total. The second kappa shape index (κ2) is 12.7. The molecule has 2 heterocycles. The van der Waals surface area contributed by atoms with Gasteiger partial charge in [-0.05, 0) is 38.8 Å². The fourth-order valence-corrected chi connectivity index (χ4v) is 2.61. The highest BCUT2D eigenvalue weighted by Crippen LogP contribution is 2.08. The van der Waals surface area contributed by atoms with Crippen LogP contribution in [0.3, 0.4) is 0 Å². The van der Waals surface area contributed by atoms with E-state index in [4.69, 9.17) is 18.6 Å². The normalized spacial score (nSPS) is 18.8. The van der Waals surface area contributed by atoms with Gasteiger partial charge in [0, 0.05) is 45.4 Å². The van der Waals surface area contributed by atoms with Crippen molar-refractivity contribution in [3.63, 3.8) is 0 Å². The molecule has 148 valence electrons. The third kappa shape index (κ3) is 8.69. The molecule has 26 heavy (non-hydrogen) atoms. The number of rotatable bonds is 12. The summed E-state index contributed by atoms with van der Waals surface area (Å²) in [5.41, 5.74) is 0. The Kier molecular flexibility index (Phi) is 10.2. The van der Waals surface area contributed by atoms with Crippen LogP contribution in [0.2, 0.25) is 0 Å². The Morgan fingerprint density at radius 1 is 1.46 bits per heavy atom. The van der Waals surface area contributed by atoms with Crippen molar-refractivity contribution in [1.29, 1.82) is 0 Å². The molecule has 0 bridgehead atoms. The van der Waals surface area contributed by atoms with Crippen molar-refractivity contribution in [2.75, 3.05) is 46.1 Å². The zero-order valence-electron chi connectivity index (χ0n) is 16.0. The standard InChI is InChI=1S/C19H33N3O4/c1-3-23-11-5-9-20-19(21-10-7-17-6-4-12-25-17)22-16(2)14-26-18-8-13-24-15-18/h4,6,12,16,18H,3,5,7-11,13-15H2,1-2H3,(H2,20,21,22). The summed E-state index contributed by atoms with van der Waals surface area (Å²) in [7, 11) is 0. The van der Waals surface area contributed by atoms with Gasteiger partial charge in [-0.15, -0.1) is 0 Å². The molecule has 1 aliphatic rings. The lowest BCUT2D eigenvalue weighted by molar-refractivity contribution is 0.0347. The van der Waals surface area contributed by atoms with Crippen LogP contribution in [-0.2, 0) is 20.6 Å². The fraction of sp³-hybridized carbons (Fsp3) is 0.737. The minimum Gasteiger partial charge on any atom is -0.469 e. The number of hydrogen-bond donors (Lipinski definition) is 2. The smallest absolute Gasteiger partial charge is 0.191 e. The molecule has 1 saturated heterocycles. The van der Waals surface area contributed by atoms with E-state index in [0.717, 1.165) is 63.9 Å². The number of guanidine groups is 1. The summed E-state index contributed by atoms with van der Waals surface area (Å²) in [5.74, 6) is 1.76. The first-order valence-electron chi connectivity index (χ1n) is 9.62. The Bertz CT molecular complexity index is 487. The summed E-state index contributed by atoms with van der Waals surface area (Å²) < 4.78 is 22.0. The molecule has 1 aromatic heterocycles. The largest absolute Gasteiger partial charge is 0.469 e. The molecule has 2 unspecified atom stereocenters. The van der Waals surface area contributed by atoms with E-state index in [1.54, 1.807) is 6.26 Å². The van der Waals surface area contributed by atoms with Crippen LogP contribution in [0.1, 0.15) is 32.4 Å². The third-order valence-corrected chi connectivity index (χ3v) is 4.02. The Hall–Kier alpha value is -1.57. The van der Waals surface area contributed by atoms with Gasteiger partial charge < -0.3 is 29.3 Å². The van der Waals surface area contributed by atoms with Crippen LogP contribution in [0.25, 0.3) is 0 Å². The quantitative estimate of drug-likeness (QED) is 0.334. The van der Waals surface area contributed by atoms with E-state index < -0.39 is 0 Å². The van der Waals surface area contributed by atoms with Gasteiger partial charge in [0.05, 0.1) is 25.6 Å². The number of nitrogens with zero attached hydrogens (tertiary/aromatic N) is 1. The zero-order valence-corrected chi connectivity index (χ0v) is 16.0. The van der Waals surface area contributed by atoms with Gasteiger partial charge in [-0.1, -0.05) is 0 Å². The minimum absolute atomic E-state index is 0.164. The summed E-state index contributed by atoms with van der Waals surface area (Å²) in [4.78, 5) is 4.64. The van der Waals surface area contributed by atoms with Gasteiger partial charge in [0.1, 0.15) is 5.76 Å². The highest BCUT2D eigenvalue weighted by atomic mass is 16.5. The first kappa shape index (κ1) is 20.7. The van der Waals surface area contributed by atoms with Crippen LogP contribution in [-0.4, -0.2) is 64.2 Å². The molecule has 0 amide bonds. The lowest BCUT2D eigenvalue weighted by Crippen LogP contribution is -2.45. The maximum absolute atomic E-state index is 5.88. The molecule has 1 aliphatic heterocycles. The van der Waals surface area contributed by atoms with Crippen molar-refractivity contribution >= 4 is 5.96 Å². The van der Waals surface area contributed by atoms with E-state index in [1.807, 2.05) is 19.1 Å². The molecule has 0 aliphatic carbocycles. The van der Waals surface area contributed by atoms with Gasteiger partial charge in [0.25, 0.3) is 0 Å². The van der Waals surface area contributed by atoms with Crippen LogP contribution in [0.15, 0.2) is 27.8 Å². The number of nitrogens with one attached hydrogen (secondary N) is 2. The van der Waals surface area contributed by atoms with Gasteiger partial charge in [-0.2, -0.15) is 0 Å². The summed E-state index contributed by atoms with van der Waals surface area (Å²) in [6.45, 7) is 9.19. The average molecular weight is 367 g/mol. The fourth-order valence-electron chi connectivity index (χ4n) is 2.61. The topological polar surface area (TPSA) is 77.2 Å². The average Bonchev–Trinajstić information content (AvgIpc) is 3.33. The molecule has 0 saturated carbocycles. The predicted molar refractivity (Wildman–Crippen MR) is 102 cm³/mol. The van der Waals surface area contributed by atoms with Crippen LogP contribution < -0.4 is 10.6 Å². The molecule has 0 radical (unpaired) electrons. The molecule has 1 aromatic rings. The van der Waals surface area contributed by atoms with Crippen molar-refractivity contribution in [1.82, 2.24) is 10.6 Å². The molecule has 2 atom stereocenters. The van der Waals surface area contributed by atoms with Crippen molar-refractivity contribution in [3.8, 4) is 0 Å². The number of furan rings is 1. The van der Waals surface area contributed by atoms with E-state index in [-0.39, 0.29) is 12.1 Å². The summed E-state index contributed by atoms with van der Waals surface area (Å²) >= 11 is 0. The second-order valence-corrected chi connectivity index (χ2v) is 6.40. The van der Waals surface area contributed by atoms with Gasteiger partial charge in [-0.25, -0.2) is 0 Å². The van der Waals surface area contributed by atoms with Gasteiger partial charge >= 0.3 is 0 Å². The lowest BCUT2D eigenvalue weighted by atomic mass is 10.3. The van der Waals surface area contributed by atoms with Crippen molar-refractivity contribution < 1.29 is 18.6 Å². The number of ether oxygens (including phenoxy) is 3.